The summed E-state index contributed by atoms with van der Waals surface area (Å²) in [6, 6.07) is 0. The SMILES string of the molecule is CC(C)CNS(=O)(=O)N1CCCN(CC(=O)O)CC1. The van der Waals surface area contributed by atoms with Crippen molar-refractivity contribution in [3.63, 3.8) is 0 Å². The third-order valence-corrected chi connectivity index (χ3v) is 4.50. The van der Waals surface area contributed by atoms with Crippen molar-refractivity contribution in [2.45, 2.75) is 20.3 Å². The zero-order valence-electron chi connectivity index (χ0n) is 11.5. The second kappa shape index (κ2) is 7.18. The molecule has 0 amide bonds. The first-order valence-corrected chi connectivity index (χ1v) is 7.94. The number of nitrogens with zero attached hydrogens (tertiary/aromatic N) is 2. The Balaban J connectivity index is 2.54. The van der Waals surface area contributed by atoms with Gasteiger partial charge in [0.15, 0.2) is 0 Å². The van der Waals surface area contributed by atoms with Crippen LogP contribution in [0.2, 0.25) is 0 Å². The minimum Gasteiger partial charge on any atom is -0.480 e. The van der Waals surface area contributed by atoms with Gasteiger partial charge in [0, 0.05) is 32.7 Å². The van der Waals surface area contributed by atoms with Crippen LogP contribution >= 0.6 is 0 Å². The van der Waals surface area contributed by atoms with Crippen molar-refractivity contribution in [2.24, 2.45) is 5.92 Å². The molecular formula is C11H23N3O4S. The molecule has 0 spiro atoms. The van der Waals surface area contributed by atoms with Crippen LogP contribution in [0.1, 0.15) is 20.3 Å². The van der Waals surface area contributed by atoms with Gasteiger partial charge in [-0.15, -0.1) is 0 Å². The van der Waals surface area contributed by atoms with Gasteiger partial charge in [-0.2, -0.15) is 12.7 Å². The predicted molar refractivity (Wildman–Crippen MR) is 72.0 cm³/mol. The molecule has 1 aliphatic heterocycles. The van der Waals surface area contributed by atoms with E-state index in [9.17, 15) is 13.2 Å². The van der Waals surface area contributed by atoms with E-state index < -0.39 is 16.2 Å². The Hall–Kier alpha value is -0.700. The van der Waals surface area contributed by atoms with Crippen molar-refractivity contribution in [3.05, 3.63) is 0 Å². The molecule has 112 valence electrons. The van der Waals surface area contributed by atoms with Crippen molar-refractivity contribution in [2.75, 3.05) is 39.3 Å². The Morgan fingerprint density at radius 1 is 1.26 bits per heavy atom. The van der Waals surface area contributed by atoms with E-state index in [1.165, 1.54) is 4.31 Å². The maximum atomic E-state index is 12.1. The number of carboxylic acid groups (broad SMARTS) is 1. The van der Waals surface area contributed by atoms with Crippen molar-refractivity contribution < 1.29 is 18.3 Å². The van der Waals surface area contributed by atoms with Crippen LogP contribution in [0.5, 0.6) is 0 Å². The van der Waals surface area contributed by atoms with Gasteiger partial charge in [-0.05, 0) is 12.3 Å². The van der Waals surface area contributed by atoms with Gasteiger partial charge in [0.05, 0.1) is 6.54 Å². The van der Waals surface area contributed by atoms with E-state index in [-0.39, 0.29) is 12.5 Å². The van der Waals surface area contributed by atoms with E-state index >= 15 is 0 Å². The van der Waals surface area contributed by atoms with Crippen LogP contribution in [0.15, 0.2) is 0 Å². The number of hydrogen-bond acceptors (Lipinski definition) is 4. The van der Waals surface area contributed by atoms with Gasteiger partial charge in [0.1, 0.15) is 0 Å². The molecule has 0 aromatic rings. The summed E-state index contributed by atoms with van der Waals surface area (Å²) in [7, 11) is -3.44. The predicted octanol–water partition coefficient (Wildman–Crippen LogP) is -0.431. The highest BCUT2D eigenvalue weighted by Crippen LogP contribution is 2.07. The molecule has 2 N–H and O–H groups in total. The Kier molecular flexibility index (Phi) is 6.18. The molecule has 0 atom stereocenters. The van der Waals surface area contributed by atoms with Gasteiger partial charge in [-0.1, -0.05) is 13.8 Å². The van der Waals surface area contributed by atoms with Crippen molar-refractivity contribution in [1.82, 2.24) is 13.9 Å². The highest BCUT2D eigenvalue weighted by Gasteiger charge is 2.25. The van der Waals surface area contributed by atoms with Crippen molar-refractivity contribution >= 4 is 16.2 Å². The molecule has 1 rings (SSSR count). The van der Waals surface area contributed by atoms with Gasteiger partial charge in [0.25, 0.3) is 10.2 Å². The summed E-state index contributed by atoms with van der Waals surface area (Å²) < 4.78 is 28.1. The second-order valence-electron chi connectivity index (χ2n) is 5.17. The standard InChI is InChI=1S/C11H23N3O4S/c1-10(2)8-12-19(17,18)14-5-3-4-13(6-7-14)9-11(15)16/h10,12H,3-9H2,1-2H3,(H,15,16). The van der Waals surface area contributed by atoms with E-state index in [4.69, 9.17) is 5.11 Å². The molecule has 1 fully saturated rings. The van der Waals surface area contributed by atoms with Crippen molar-refractivity contribution in [1.29, 1.82) is 0 Å². The fourth-order valence-electron chi connectivity index (χ4n) is 1.90. The smallest absolute Gasteiger partial charge is 0.317 e. The number of nitrogens with one attached hydrogen (secondary N) is 1. The lowest BCUT2D eigenvalue weighted by atomic mass is 10.2. The largest absolute Gasteiger partial charge is 0.480 e. The van der Waals surface area contributed by atoms with Gasteiger partial charge >= 0.3 is 5.97 Å². The lowest BCUT2D eigenvalue weighted by Gasteiger charge is -2.21. The van der Waals surface area contributed by atoms with Gasteiger partial charge < -0.3 is 5.11 Å². The summed E-state index contributed by atoms with van der Waals surface area (Å²) in [5.74, 6) is -0.625. The normalized spacial score (nSPS) is 19.5. The number of aliphatic carboxylic acids is 1. The quantitative estimate of drug-likeness (QED) is 0.693. The third kappa shape index (κ3) is 5.85. The topological polar surface area (TPSA) is 90.0 Å². The molecule has 1 heterocycles. The fourth-order valence-corrected chi connectivity index (χ4v) is 3.32. The molecule has 0 radical (unpaired) electrons. The van der Waals surface area contributed by atoms with Crippen LogP contribution in [-0.4, -0.2) is 68.0 Å². The number of carboxylic acids is 1. The number of hydrogen-bond donors (Lipinski definition) is 2. The van der Waals surface area contributed by atoms with Crippen LogP contribution < -0.4 is 4.72 Å². The Bertz CT molecular complexity index is 397. The van der Waals surface area contributed by atoms with Crippen LogP contribution in [0, 0.1) is 5.92 Å². The first-order valence-electron chi connectivity index (χ1n) is 6.50. The first kappa shape index (κ1) is 16.4. The third-order valence-electron chi connectivity index (χ3n) is 2.92. The number of rotatable bonds is 6. The van der Waals surface area contributed by atoms with Crippen LogP contribution in [0.4, 0.5) is 0 Å². The van der Waals surface area contributed by atoms with E-state index in [2.05, 4.69) is 4.72 Å². The molecular weight excluding hydrogens is 270 g/mol. The van der Waals surface area contributed by atoms with E-state index in [1.54, 1.807) is 4.90 Å². The fraction of sp³-hybridized carbons (Fsp3) is 0.909. The summed E-state index contributed by atoms with van der Waals surface area (Å²) >= 11 is 0. The summed E-state index contributed by atoms with van der Waals surface area (Å²) in [5.41, 5.74) is 0. The average Bonchev–Trinajstić information content (AvgIpc) is 2.52. The summed E-state index contributed by atoms with van der Waals surface area (Å²) in [4.78, 5) is 12.4. The zero-order valence-corrected chi connectivity index (χ0v) is 12.3. The molecule has 0 aliphatic carbocycles. The molecule has 1 saturated heterocycles. The second-order valence-corrected chi connectivity index (χ2v) is 6.93. The minimum absolute atomic E-state index is 0.0344. The molecule has 0 aromatic heterocycles. The van der Waals surface area contributed by atoms with Crippen LogP contribution in [0.3, 0.4) is 0 Å². The lowest BCUT2D eigenvalue weighted by molar-refractivity contribution is -0.138. The van der Waals surface area contributed by atoms with Crippen molar-refractivity contribution in [3.8, 4) is 0 Å². The highest BCUT2D eigenvalue weighted by atomic mass is 32.2. The summed E-state index contributed by atoms with van der Waals surface area (Å²) in [5, 5.41) is 8.74. The summed E-state index contributed by atoms with van der Waals surface area (Å²) in [6.07, 6.45) is 0.649. The average molecular weight is 293 g/mol. The monoisotopic (exact) mass is 293 g/mol. The minimum atomic E-state index is -3.44. The van der Waals surface area contributed by atoms with Gasteiger partial charge in [-0.3, -0.25) is 9.69 Å². The van der Waals surface area contributed by atoms with Crippen LogP contribution in [-0.2, 0) is 15.0 Å². The highest BCUT2D eigenvalue weighted by molar-refractivity contribution is 7.87. The molecule has 0 unspecified atom stereocenters. The Labute approximate surface area is 114 Å². The molecule has 0 saturated carbocycles. The number of carbonyl (C=O) groups is 1. The maximum Gasteiger partial charge on any atom is 0.317 e. The molecule has 1 aliphatic rings. The van der Waals surface area contributed by atoms with E-state index in [1.807, 2.05) is 13.8 Å². The Morgan fingerprint density at radius 2 is 1.95 bits per heavy atom. The lowest BCUT2D eigenvalue weighted by Crippen LogP contribution is -2.44. The van der Waals surface area contributed by atoms with E-state index in [0.717, 1.165) is 0 Å². The molecule has 0 bridgehead atoms. The molecule has 0 aromatic carbocycles. The zero-order chi connectivity index (χ0) is 14.5. The van der Waals surface area contributed by atoms with Gasteiger partial charge in [0.2, 0.25) is 0 Å². The molecule has 7 nitrogen and oxygen atoms in total. The molecule has 8 heteroatoms. The summed E-state index contributed by atoms with van der Waals surface area (Å²) in [6.45, 7) is 6.10. The van der Waals surface area contributed by atoms with Crippen LogP contribution in [0.25, 0.3) is 0 Å². The van der Waals surface area contributed by atoms with E-state index in [0.29, 0.717) is 39.1 Å². The molecule has 19 heavy (non-hydrogen) atoms. The maximum absolute atomic E-state index is 12.1. The van der Waals surface area contributed by atoms with Gasteiger partial charge in [-0.25, -0.2) is 4.72 Å². The first-order chi connectivity index (χ1) is 8.81. The Morgan fingerprint density at radius 3 is 2.53 bits per heavy atom.